The second-order valence-corrected chi connectivity index (χ2v) is 6.14. The fourth-order valence-electron chi connectivity index (χ4n) is 3.42. The van der Waals surface area contributed by atoms with Crippen molar-refractivity contribution in [2.24, 2.45) is 5.92 Å². The van der Waals surface area contributed by atoms with Crippen molar-refractivity contribution < 1.29 is 14.7 Å². The quantitative estimate of drug-likeness (QED) is 0.716. The summed E-state index contributed by atoms with van der Waals surface area (Å²) in [5.74, 6) is -1.17. The molecule has 3 unspecified atom stereocenters. The predicted octanol–water partition coefficient (Wildman–Crippen LogP) is -0.0561. The lowest BCUT2D eigenvalue weighted by molar-refractivity contribution is -0.144. The van der Waals surface area contributed by atoms with Crippen LogP contribution < -0.4 is 0 Å². The van der Waals surface area contributed by atoms with Gasteiger partial charge < -0.3 is 14.9 Å². The maximum atomic E-state index is 11.4. The first-order chi connectivity index (χ1) is 9.52. The lowest BCUT2D eigenvalue weighted by atomic mass is 10.0. The van der Waals surface area contributed by atoms with Crippen molar-refractivity contribution in [3.8, 4) is 0 Å². The molecule has 1 amide bonds. The van der Waals surface area contributed by atoms with Crippen molar-refractivity contribution in [1.29, 1.82) is 0 Å². The van der Waals surface area contributed by atoms with E-state index in [1.54, 1.807) is 4.90 Å². The molecule has 1 saturated heterocycles. The third kappa shape index (κ3) is 3.30. The molecular weight excluding hydrogens is 258 g/mol. The maximum absolute atomic E-state index is 11.4. The van der Waals surface area contributed by atoms with Crippen LogP contribution >= 0.6 is 0 Å². The molecule has 20 heavy (non-hydrogen) atoms. The molecule has 1 aliphatic carbocycles. The number of carboxylic acid groups (broad SMARTS) is 1. The first-order valence-electron chi connectivity index (χ1n) is 7.35. The van der Waals surface area contributed by atoms with E-state index in [0.29, 0.717) is 13.0 Å². The van der Waals surface area contributed by atoms with Crippen molar-refractivity contribution in [2.75, 3.05) is 40.3 Å². The fraction of sp³-hybridized carbons (Fsp3) is 0.857. The van der Waals surface area contributed by atoms with Gasteiger partial charge in [-0.1, -0.05) is 6.42 Å². The van der Waals surface area contributed by atoms with Gasteiger partial charge in [0.25, 0.3) is 0 Å². The Labute approximate surface area is 120 Å². The number of hydrogen-bond acceptors (Lipinski definition) is 4. The second kappa shape index (κ2) is 6.54. The molecule has 0 aromatic heterocycles. The highest BCUT2D eigenvalue weighted by molar-refractivity contribution is 5.72. The molecule has 1 aliphatic heterocycles. The van der Waals surface area contributed by atoms with E-state index in [1.807, 2.05) is 0 Å². The Balaban J connectivity index is 2.01. The van der Waals surface area contributed by atoms with Crippen LogP contribution in [0.5, 0.6) is 0 Å². The average molecular weight is 283 g/mol. The number of nitrogens with zero attached hydrogens (tertiary/aromatic N) is 3. The molecule has 0 spiro atoms. The summed E-state index contributed by atoms with van der Waals surface area (Å²) in [5, 5.41) is 9.27. The Morgan fingerprint density at radius 1 is 1.35 bits per heavy atom. The Morgan fingerprint density at radius 2 is 2.10 bits per heavy atom. The van der Waals surface area contributed by atoms with E-state index in [-0.39, 0.29) is 12.1 Å². The molecule has 6 heteroatoms. The van der Waals surface area contributed by atoms with Gasteiger partial charge in [-0.05, 0) is 26.9 Å². The Bertz CT molecular complexity index is 364. The summed E-state index contributed by atoms with van der Waals surface area (Å²) >= 11 is 0. The van der Waals surface area contributed by atoms with E-state index in [1.165, 1.54) is 0 Å². The maximum Gasteiger partial charge on any atom is 0.308 e. The number of rotatable bonds is 5. The minimum Gasteiger partial charge on any atom is -0.481 e. The number of carbonyl (C=O) groups is 2. The molecule has 0 radical (unpaired) electrons. The highest BCUT2D eigenvalue weighted by Gasteiger charge is 2.38. The van der Waals surface area contributed by atoms with Gasteiger partial charge in [0, 0.05) is 38.3 Å². The first-order valence-corrected chi connectivity index (χ1v) is 7.35. The number of hydrogen-bond donors (Lipinski definition) is 1. The van der Waals surface area contributed by atoms with E-state index in [4.69, 9.17) is 0 Å². The number of likely N-dealkylation sites (N-methyl/N-ethyl adjacent to an activating group) is 2. The van der Waals surface area contributed by atoms with Crippen LogP contribution in [0.3, 0.4) is 0 Å². The van der Waals surface area contributed by atoms with Gasteiger partial charge in [0.1, 0.15) is 0 Å². The fourth-order valence-corrected chi connectivity index (χ4v) is 3.42. The lowest BCUT2D eigenvalue weighted by Gasteiger charge is -2.41. The highest BCUT2D eigenvalue weighted by Crippen LogP contribution is 2.30. The molecule has 3 atom stereocenters. The van der Waals surface area contributed by atoms with Crippen molar-refractivity contribution >= 4 is 12.4 Å². The Kier molecular flexibility index (Phi) is 4.99. The van der Waals surface area contributed by atoms with Crippen molar-refractivity contribution in [3.05, 3.63) is 0 Å². The van der Waals surface area contributed by atoms with Gasteiger partial charge in [-0.3, -0.25) is 14.5 Å². The highest BCUT2D eigenvalue weighted by atomic mass is 16.4. The van der Waals surface area contributed by atoms with E-state index in [9.17, 15) is 14.7 Å². The topological polar surface area (TPSA) is 64.1 Å². The average Bonchev–Trinajstić information content (AvgIpc) is 2.89. The van der Waals surface area contributed by atoms with E-state index in [2.05, 4.69) is 23.9 Å². The molecule has 1 N–H and O–H groups in total. The normalized spacial score (nSPS) is 32.2. The van der Waals surface area contributed by atoms with Crippen LogP contribution in [0.15, 0.2) is 0 Å². The smallest absolute Gasteiger partial charge is 0.308 e. The molecule has 0 aromatic rings. The molecule has 114 valence electrons. The summed E-state index contributed by atoms with van der Waals surface area (Å²) in [5.41, 5.74) is 0. The lowest BCUT2D eigenvalue weighted by Crippen LogP contribution is -2.56. The van der Waals surface area contributed by atoms with Crippen LogP contribution in [-0.2, 0) is 9.59 Å². The van der Waals surface area contributed by atoms with Crippen LogP contribution in [0.2, 0.25) is 0 Å². The van der Waals surface area contributed by atoms with Gasteiger partial charge in [-0.15, -0.1) is 0 Å². The van der Waals surface area contributed by atoms with Gasteiger partial charge in [0.15, 0.2) is 0 Å². The van der Waals surface area contributed by atoms with Crippen LogP contribution in [0.4, 0.5) is 0 Å². The second-order valence-electron chi connectivity index (χ2n) is 6.14. The summed E-state index contributed by atoms with van der Waals surface area (Å²) in [6, 6.07) is 0.152. The molecule has 2 aliphatic rings. The van der Waals surface area contributed by atoms with Gasteiger partial charge in [-0.2, -0.15) is 0 Å². The van der Waals surface area contributed by atoms with Crippen molar-refractivity contribution in [3.63, 3.8) is 0 Å². The Morgan fingerprint density at radius 3 is 2.75 bits per heavy atom. The van der Waals surface area contributed by atoms with Gasteiger partial charge >= 0.3 is 5.97 Å². The minimum absolute atomic E-state index is 0.134. The molecule has 2 rings (SSSR count). The molecular formula is C14H25N3O3. The minimum atomic E-state index is -0.770. The van der Waals surface area contributed by atoms with Crippen LogP contribution in [0.1, 0.15) is 19.3 Å². The standard InChI is InChI=1S/C14H25N3O3/c1-15-6-7-16(2)11(8-15)9-17(10-18)13-5-3-4-12(13)14(19)20/h10-13H,3-9H2,1-2H3,(H,19,20). The summed E-state index contributed by atoms with van der Waals surface area (Å²) in [7, 11) is 4.16. The molecule has 1 saturated carbocycles. The Hall–Kier alpha value is -1.14. The molecule has 6 nitrogen and oxygen atoms in total. The summed E-state index contributed by atoms with van der Waals surface area (Å²) in [4.78, 5) is 29.0. The number of carboxylic acids is 1. The van der Waals surface area contributed by atoms with Crippen LogP contribution in [-0.4, -0.2) is 84.5 Å². The zero-order chi connectivity index (χ0) is 14.7. The number of carbonyl (C=O) groups excluding carboxylic acids is 1. The third-order valence-corrected chi connectivity index (χ3v) is 4.76. The number of piperazine rings is 1. The van der Waals surface area contributed by atoms with E-state index in [0.717, 1.165) is 38.9 Å². The summed E-state index contributed by atoms with van der Waals surface area (Å²) in [6.45, 7) is 3.57. The summed E-state index contributed by atoms with van der Waals surface area (Å²) in [6.07, 6.45) is 3.23. The largest absolute Gasteiger partial charge is 0.481 e. The monoisotopic (exact) mass is 283 g/mol. The van der Waals surface area contributed by atoms with E-state index < -0.39 is 11.9 Å². The van der Waals surface area contributed by atoms with Gasteiger partial charge in [-0.25, -0.2) is 0 Å². The van der Waals surface area contributed by atoms with Gasteiger partial charge in [0.2, 0.25) is 6.41 Å². The van der Waals surface area contributed by atoms with Crippen molar-refractivity contribution in [1.82, 2.24) is 14.7 Å². The van der Waals surface area contributed by atoms with Crippen molar-refractivity contribution in [2.45, 2.75) is 31.3 Å². The SMILES string of the molecule is CN1CCN(C)C(CN(C=O)C2CCCC2C(=O)O)C1. The van der Waals surface area contributed by atoms with Crippen LogP contribution in [0.25, 0.3) is 0 Å². The molecule has 1 heterocycles. The zero-order valence-electron chi connectivity index (χ0n) is 12.4. The molecule has 2 fully saturated rings. The first kappa shape index (κ1) is 15.3. The molecule has 0 aromatic carbocycles. The van der Waals surface area contributed by atoms with Gasteiger partial charge in [0.05, 0.1) is 5.92 Å². The third-order valence-electron chi connectivity index (χ3n) is 4.76. The summed E-state index contributed by atoms with van der Waals surface area (Å²) < 4.78 is 0. The number of aliphatic carboxylic acids is 1. The van der Waals surface area contributed by atoms with Crippen LogP contribution in [0, 0.1) is 5.92 Å². The number of amides is 1. The predicted molar refractivity (Wildman–Crippen MR) is 75.4 cm³/mol. The van der Waals surface area contributed by atoms with E-state index >= 15 is 0 Å². The molecule has 0 bridgehead atoms. The zero-order valence-corrected chi connectivity index (χ0v) is 12.4.